The molecule has 11 heavy (non-hydrogen) atoms. The molecule has 0 fully saturated rings. The molecule has 0 aromatic heterocycles. The molecule has 0 amide bonds. The minimum absolute atomic E-state index is 0.0738. The van der Waals surface area contributed by atoms with Crippen LogP contribution in [0.1, 0.15) is 6.92 Å². The van der Waals surface area contributed by atoms with E-state index in [1.165, 1.54) is 6.92 Å². The first-order valence-electron chi connectivity index (χ1n) is 2.86. The quantitative estimate of drug-likeness (QED) is 0.274. The maximum Gasteiger partial charge on any atom is 0.335 e. The summed E-state index contributed by atoms with van der Waals surface area (Å²) in [6.07, 6.45) is -4.00. The molecule has 0 rings (SSSR count). The third-order valence-electron chi connectivity index (χ3n) is 0.831. The van der Waals surface area contributed by atoms with Crippen LogP contribution in [0, 0.1) is 0 Å². The Hall–Kier alpha value is -0.910. The molecule has 0 radical (unpaired) electrons. The maximum absolute atomic E-state index is 10.6. The van der Waals surface area contributed by atoms with Gasteiger partial charge in [-0.2, -0.15) is 0 Å². The fraction of sp³-hybridized carbons (Fsp3) is 0.500. The summed E-state index contributed by atoms with van der Waals surface area (Å²) in [5.41, 5.74) is 0.0738. The van der Waals surface area contributed by atoms with E-state index in [2.05, 4.69) is 11.3 Å². The van der Waals surface area contributed by atoms with Crippen molar-refractivity contribution in [3.05, 3.63) is 12.2 Å². The Morgan fingerprint density at radius 1 is 1.45 bits per heavy atom. The Bertz CT molecular complexity index is 162. The van der Waals surface area contributed by atoms with Crippen molar-refractivity contribution < 1.29 is 24.9 Å². The van der Waals surface area contributed by atoms with E-state index in [1.807, 2.05) is 0 Å². The molecule has 64 valence electrons. The second kappa shape index (κ2) is 4.07. The SMILES string of the molecule is C=C(C)C(=O)OC(O)C(O)O. The van der Waals surface area contributed by atoms with E-state index in [0.29, 0.717) is 0 Å². The van der Waals surface area contributed by atoms with Gasteiger partial charge in [0.2, 0.25) is 6.29 Å². The van der Waals surface area contributed by atoms with Crippen LogP contribution in [-0.2, 0) is 9.53 Å². The molecular weight excluding hydrogens is 152 g/mol. The number of rotatable bonds is 3. The van der Waals surface area contributed by atoms with Gasteiger partial charge in [0.15, 0.2) is 0 Å². The summed E-state index contributed by atoms with van der Waals surface area (Å²) < 4.78 is 4.09. The number of aliphatic hydroxyl groups is 3. The van der Waals surface area contributed by atoms with Gasteiger partial charge in [-0.15, -0.1) is 0 Å². The zero-order valence-corrected chi connectivity index (χ0v) is 6.02. The fourth-order valence-electron chi connectivity index (χ4n) is 0.271. The Morgan fingerprint density at radius 2 is 1.91 bits per heavy atom. The van der Waals surface area contributed by atoms with E-state index in [0.717, 1.165) is 0 Å². The highest BCUT2D eigenvalue weighted by Gasteiger charge is 2.17. The number of hydrogen-bond donors (Lipinski definition) is 3. The maximum atomic E-state index is 10.6. The lowest BCUT2D eigenvalue weighted by Gasteiger charge is -2.12. The summed E-state index contributed by atoms with van der Waals surface area (Å²) in [6, 6.07) is 0. The van der Waals surface area contributed by atoms with Crippen LogP contribution in [0.4, 0.5) is 0 Å². The van der Waals surface area contributed by atoms with Crippen molar-refractivity contribution in [3.8, 4) is 0 Å². The van der Waals surface area contributed by atoms with Gasteiger partial charge < -0.3 is 20.1 Å². The van der Waals surface area contributed by atoms with E-state index in [-0.39, 0.29) is 5.57 Å². The molecular formula is C6H10O5. The molecule has 3 N–H and O–H groups in total. The molecule has 0 spiro atoms. The standard InChI is InChI=1S/C6H10O5/c1-3(2)5(9)11-6(10)4(7)8/h4,6-8,10H,1H2,2H3. The summed E-state index contributed by atoms with van der Waals surface area (Å²) in [6.45, 7) is 4.59. The second-order valence-electron chi connectivity index (χ2n) is 1.99. The Balaban J connectivity index is 3.85. The molecule has 0 aliphatic carbocycles. The zero-order valence-electron chi connectivity index (χ0n) is 6.02. The van der Waals surface area contributed by atoms with Crippen LogP contribution < -0.4 is 0 Å². The molecule has 0 aromatic carbocycles. The van der Waals surface area contributed by atoms with E-state index in [1.54, 1.807) is 0 Å². The van der Waals surface area contributed by atoms with Crippen LogP contribution in [0.5, 0.6) is 0 Å². The van der Waals surface area contributed by atoms with Crippen LogP contribution in [0.25, 0.3) is 0 Å². The van der Waals surface area contributed by atoms with Gasteiger partial charge in [0.05, 0.1) is 0 Å². The van der Waals surface area contributed by atoms with Gasteiger partial charge in [-0.1, -0.05) is 6.58 Å². The minimum atomic E-state index is -2.08. The van der Waals surface area contributed by atoms with Crippen LogP contribution in [0.2, 0.25) is 0 Å². The van der Waals surface area contributed by atoms with Gasteiger partial charge in [0.1, 0.15) is 0 Å². The normalized spacial score (nSPS) is 12.8. The summed E-state index contributed by atoms with van der Waals surface area (Å²) >= 11 is 0. The lowest BCUT2D eigenvalue weighted by molar-refractivity contribution is -0.226. The Kier molecular flexibility index (Phi) is 3.73. The molecule has 5 nitrogen and oxygen atoms in total. The molecule has 0 heterocycles. The van der Waals surface area contributed by atoms with Crippen molar-refractivity contribution in [3.63, 3.8) is 0 Å². The molecule has 0 saturated heterocycles. The average Bonchev–Trinajstić information content (AvgIpc) is 1.87. The van der Waals surface area contributed by atoms with Crippen molar-refractivity contribution in [1.29, 1.82) is 0 Å². The highest BCUT2D eigenvalue weighted by molar-refractivity contribution is 5.86. The third-order valence-corrected chi connectivity index (χ3v) is 0.831. The van der Waals surface area contributed by atoms with Crippen molar-refractivity contribution in [2.75, 3.05) is 0 Å². The van der Waals surface area contributed by atoms with Gasteiger partial charge in [0, 0.05) is 5.57 Å². The number of aliphatic hydroxyl groups excluding tert-OH is 2. The largest absolute Gasteiger partial charge is 0.427 e. The lowest BCUT2D eigenvalue weighted by Crippen LogP contribution is -2.30. The predicted molar refractivity (Wildman–Crippen MR) is 35.1 cm³/mol. The monoisotopic (exact) mass is 162 g/mol. The first kappa shape index (κ1) is 10.1. The summed E-state index contributed by atoms with van der Waals surface area (Å²) in [4.78, 5) is 10.6. The third kappa shape index (κ3) is 3.72. The number of ether oxygens (including phenoxy) is 1. The van der Waals surface area contributed by atoms with Gasteiger partial charge in [-0.25, -0.2) is 4.79 Å². The lowest BCUT2D eigenvalue weighted by atomic mass is 10.4. The first-order chi connectivity index (χ1) is 4.95. The van der Waals surface area contributed by atoms with E-state index in [9.17, 15) is 4.79 Å². The van der Waals surface area contributed by atoms with Crippen molar-refractivity contribution in [2.45, 2.75) is 19.5 Å². The second-order valence-corrected chi connectivity index (χ2v) is 1.99. The average molecular weight is 162 g/mol. The summed E-state index contributed by atoms with van der Waals surface area (Å²) in [5, 5.41) is 25.1. The number of carbonyl (C=O) groups is 1. The van der Waals surface area contributed by atoms with Crippen LogP contribution >= 0.6 is 0 Å². The molecule has 1 atom stereocenters. The Labute approximate surface area is 63.5 Å². The van der Waals surface area contributed by atoms with E-state index >= 15 is 0 Å². The van der Waals surface area contributed by atoms with Crippen LogP contribution in [0.3, 0.4) is 0 Å². The van der Waals surface area contributed by atoms with Crippen molar-refractivity contribution >= 4 is 5.97 Å². The fourth-order valence-corrected chi connectivity index (χ4v) is 0.271. The summed E-state index contributed by atoms with van der Waals surface area (Å²) in [5.74, 6) is -0.870. The van der Waals surface area contributed by atoms with Crippen molar-refractivity contribution in [1.82, 2.24) is 0 Å². The van der Waals surface area contributed by atoms with Crippen LogP contribution in [0.15, 0.2) is 12.2 Å². The molecule has 0 aromatic rings. The minimum Gasteiger partial charge on any atom is -0.427 e. The molecule has 0 saturated carbocycles. The van der Waals surface area contributed by atoms with E-state index in [4.69, 9.17) is 15.3 Å². The first-order valence-corrected chi connectivity index (χ1v) is 2.86. The molecule has 5 heteroatoms. The Morgan fingerprint density at radius 3 is 2.18 bits per heavy atom. The highest BCUT2D eigenvalue weighted by Crippen LogP contribution is 1.98. The molecule has 1 unspecified atom stereocenters. The number of esters is 1. The van der Waals surface area contributed by atoms with Gasteiger partial charge in [0.25, 0.3) is 6.29 Å². The number of hydrogen-bond acceptors (Lipinski definition) is 5. The smallest absolute Gasteiger partial charge is 0.335 e. The molecule has 0 aliphatic heterocycles. The van der Waals surface area contributed by atoms with Gasteiger partial charge in [-0.3, -0.25) is 0 Å². The van der Waals surface area contributed by atoms with E-state index < -0.39 is 18.5 Å². The predicted octanol–water partition coefficient (Wildman–Crippen LogP) is -1.27. The number of carbonyl (C=O) groups excluding carboxylic acids is 1. The summed E-state index contributed by atoms with van der Waals surface area (Å²) in [7, 11) is 0. The van der Waals surface area contributed by atoms with Gasteiger partial charge >= 0.3 is 5.97 Å². The topological polar surface area (TPSA) is 87.0 Å². The van der Waals surface area contributed by atoms with Crippen molar-refractivity contribution in [2.24, 2.45) is 0 Å². The molecule has 0 aliphatic rings. The zero-order chi connectivity index (χ0) is 9.02. The van der Waals surface area contributed by atoms with Crippen LogP contribution in [-0.4, -0.2) is 33.9 Å². The van der Waals surface area contributed by atoms with Gasteiger partial charge in [-0.05, 0) is 6.92 Å². The highest BCUT2D eigenvalue weighted by atomic mass is 16.7. The molecule has 0 bridgehead atoms.